The number of ether oxygens (including phenoxy) is 1. The maximum Gasteiger partial charge on any atom is 0.0954 e. The average molecular weight is 229 g/mol. The molecule has 0 aliphatic carbocycles. The fourth-order valence-corrected chi connectivity index (χ4v) is 2.18. The minimum Gasteiger partial charge on any atom is -0.372 e. The standard InChI is InChI=1S/C15H19NO/c1-3-17-15(11-16-2)14-10-6-8-12-7-4-5-9-13(12)14/h4-10,15-16H,3,11H2,1-2H3. The summed E-state index contributed by atoms with van der Waals surface area (Å²) in [5, 5.41) is 5.74. The highest BCUT2D eigenvalue weighted by Crippen LogP contribution is 2.26. The molecule has 0 aliphatic rings. The Labute approximate surface area is 103 Å². The molecule has 1 atom stereocenters. The smallest absolute Gasteiger partial charge is 0.0954 e. The maximum absolute atomic E-state index is 5.81. The summed E-state index contributed by atoms with van der Waals surface area (Å²) >= 11 is 0. The zero-order chi connectivity index (χ0) is 12.1. The lowest BCUT2D eigenvalue weighted by Crippen LogP contribution is -2.20. The topological polar surface area (TPSA) is 21.3 Å². The number of likely N-dealkylation sites (N-methyl/N-ethyl adjacent to an activating group) is 1. The number of hydrogen-bond acceptors (Lipinski definition) is 2. The summed E-state index contributed by atoms with van der Waals surface area (Å²) in [6.45, 7) is 3.60. The van der Waals surface area contributed by atoms with Crippen molar-refractivity contribution in [3.05, 3.63) is 48.0 Å². The first-order valence-electron chi connectivity index (χ1n) is 6.10. The van der Waals surface area contributed by atoms with E-state index in [0.29, 0.717) is 0 Å². The Morgan fingerprint density at radius 2 is 1.88 bits per heavy atom. The van der Waals surface area contributed by atoms with Crippen LogP contribution in [0, 0.1) is 0 Å². The largest absolute Gasteiger partial charge is 0.372 e. The molecule has 1 N–H and O–H groups in total. The van der Waals surface area contributed by atoms with Gasteiger partial charge >= 0.3 is 0 Å². The summed E-state index contributed by atoms with van der Waals surface area (Å²) in [6, 6.07) is 14.8. The van der Waals surface area contributed by atoms with Crippen LogP contribution in [0.4, 0.5) is 0 Å². The molecule has 0 aliphatic heterocycles. The van der Waals surface area contributed by atoms with Gasteiger partial charge in [-0.3, -0.25) is 0 Å². The quantitative estimate of drug-likeness (QED) is 0.850. The van der Waals surface area contributed by atoms with Gasteiger partial charge in [-0.25, -0.2) is 0 Å². The Hall–Kier alpha value is -1.38. The van der Waals surface area contributed by atoms with Gasteiger partial charge < -0.3 is 10.1 Å². The van der Waals surface area contributed by atoms with E-state index in [0.717, 1.165) is 13.2 Å². The summed E-state index contributed by atoms with van der Waals surface area (Å²) in [5.41, 5.74) is 1.26. The second kappa shape index (κ2) is 5.80. The predicted octanol–water partition coefficient (Wildman–Crippen LogP) is 3.14. The Kier molecular flexibility index (Phi) is 4.13. The van der Waals surface area contributed by atoms with Crippen LogP contribution >= 0.6 is 0 Å². The molecule has 0 fully saturated rings. The molecule has 2 aromatic rings. The highest BCUT2D eigenvalue weighted by molar-refractivity contribution is 5.86. The van der Waals surface area contributed by atoms with Crippen LogP contribution in [0.2, 0.25) is 0 Å². The van der Waals surface area contributed by atoms with Crippen molar-refractivity contribution in [2.24, 2.45) is 0 Å². The SMILES string of the molecule is CCOC(CNC)c1cccc2ccccc12. The third kappa shape index (κ3) is 2.65. The van der Waals surface area contributed by atoms with Gasteiger partial charge in [0.1, 0.15) is 0 Å². The van der Waals surface area contributed by atoms with Crippen LogP contribution < -0.4 is 5.32 Å². The molecule has 2 rings (SSSR count). The summed E-state index contributed by atoms with van der Waals surface area (Å²) < 4.78 is 5.81. The second-order valence-electron chi connectivity index (χ2n) is 4.07. The number of rotatable bonds is 5. The normalized spacial score (nSPS) is 12.8. The molecular formula is C15H19NO. The molecule has 0 saturated carbocycles. The highest BCUT2D eigenvalue weighted by atomic mass is 16.5. The first-order valence-corrected chi connectivity index (χ1v) is 6.10. The zero-order valence-corrected chi connectivity index (χ0v) is 10.4. The molecular weight excluding hydrogens is 210 g/mol. The minimum atomic E-state index is 0.121. The van der Waals surface area contributed by atoms with Crippen molar-refractivity contribution in [2.75, 3.05) is 20.2 Å². The van der Waals surface area contributed by atoms with Gasteiger partial charge in [0.15, 0.2) is 0 Å². The van der Waals surface area contributed by atoms with Crippen LogP contribution in [0.15, 0.2) is 42.5 Å². The van der Waals surface area contributed by atoms with Crippen molar-refractivity contribution in [3.63, 3.8) is 0 Å². The molecule has 2 aromatic carbocycles. The van der Waals surface area contributed by atoms with Crippen molar-refractivity contribution in [1.82, 2.24) is 5.32 Å². The van der Waals surface area contributed by atoms with E-state index < -0.39 is 0 Å². The van der Waals surface area contributed by atoms with E-state index in [2.05, 4.69) is 47.8 Å². The highest BCUT2D eigenvalue weighted by Gasteiger charge is 2.12. The second-order valence-corrected chi connectivity index (χ2v) is 4.07. The number of nitrogens with one attached hydrogen (secondary N) is 1. The summed E-state index contributed by atoms with van der Waals surface area (Å²) in [4.78, 5) is 0. The lowest BCUT2D eigenvalue weighted by molar-refractivity contribution is 0.0648. The van der Waals surface area contributed by atoms with Gasteiger partial charge in [0.25, 0.3) is 0 Å². The van der Waals surface area contributed by atoms with Gasteiger partial charge in [-0.15, -0.1) is 0 Å². The van der Waals surface area contributed by atoms with E-state index in [-0.39, 0.29) is 6.10 Å². The van der Waals surface area contributed by atoms with Crippen LogP contribution in [-0.2, 0) is 4.74 Å². The lowest BCUT2D eigenvalue weighted by Gasteiger charge is -2.19. The van der Waals surface area contributed by atoms with Crippen LogP contribution in [0.3, 0.4) is 0 Å². The number of benzene rings is 2. The Morgan fingerprint density at radius 3 is 2.65 bits per heavy atom. The van der Waals surface area contributed by atoms with Gasteiger partial charge in [0.2, 0.25) is 0 Å². The third-order valence-corrected chi connectivity index (χ3v) is 2.93. The fourth-order valence-electron chi connectivity index (χ4n) is 2.18. The van der Waals surface area contributed by atoms with Crippen molar-refractivity contribution in [1.29, 1.82) is 0 Å². The van der Waals surface area contributed by atoms with Crippen LogP contribution in [0.5, 0.6) is 0 Å². The van der Waals surface area contributed by atoms with Gasteiger partial charge in [0, 0.05) is 13.2 Å². The number of fused-ring (bicyclic) bond motifs is 1. The summed E-state index contributed by atoms with van der Waals surface area (Å²) in [7, 11) is 1.96. The molecule has 17 heavy (non-hydrogen) atoms. The molecule has 2 heteroatoms. The first-order chi connectivity index (χ1) is 8.36. The van der Waals surface area contributed by atoms with Crippen molar-refractivity contribution in [2.45, 2.75) is 13.0 Å². The molecule has 0 amide bonds. The van der Waals surface area contributed by atoms with Gasteiger partial charge in [-0.05, 0) is 30.3 Å². The van der Waals surface area contributed by atoms with Crippen molar-refractivity contribution < 1.29 is 4.74 Å². The monoisotopic (exact) mass is 229 g/mol. The van der Waals surface area contributed by atoms with E-state index in [9.17, 15) is 0 Å². The summed E-state index contributed by atoms with van der Waals surface area (Å²) in [6.07, 6.45) is 0.121. The molecule has 0 saturated heterocycles. The maximum atomic E-state index is 5.81. The lowest BCUT2D eigenvalue weighted by atomic mass is 10.0. The van der Waals surface area contributed by atoms with E-state index >= 15 is 0 Å². The molecule has 90 valence electrons. The number of hydrogen-bond donors (Lipinski definition) is 1. The van der Waals surface area contributed by atoms with E-state index in [1.165, 1.54) is 16.3 Å². The Balaban J connectivity index is 2.44. The van der Waals surface area contributed by atoms with E-state index in [4.69, 9.17) is 4.74 Å². The average Bonchev–Trinajstić information content (AvgIpc) is 2.38. The van der Waals surface area contributed by atoms with Crippen molar-refractivity contribution in [3.8, 4) is 0 Å². The van der Waals surface area contributed by atoms with Crippen molar-refractivity contribution >= 4 is 10.8 Å². The van der Waals surface area contributed by atoms with E-state index in [1.54, 1.807) is 0 Å². The zero-order valence-electron chi connectivity index (χ0n) is 10.4. The van der Waals surface area contributed by atoms with Gasteiger partial charge in [-0.1, -0.05) is 42.5 Å². The fraction of sp³-hybridized carbons (Fsp3) is 0.333. The van der Waals surface area contributed by atoms with Gasteiger partial charge in [0.05, 0.1) is 6.10 Å². The molecule has 2 nitrogen and oxygen atoms in total. The predicted molar refractivity (Wildman–Crippen MR) is 72.2 cm³/mol. The van der Waals surface area contributed by atoms with Gasteiger partial charge in [-0.2, -0.15) is 0 Å². The Morgan fingerprint density at radius 1 is 1.12 bits per heavy atom. The van der Waals surface area contributed by atoms with Crippen LogP contribution in [0.25, 0.3) is 10.8 Å². The molecule has 0 bridgehead atoms. The first kappa shape index (κ1) is 12.1. The molecule has 0 radical (unpaired) electrons. The molecule has 0 aromatic heterocycles. The van der Waals surface area contributed by atoms with Crippen LogP contribution in [0.1, 0.15) is 18.6 Å². The molecule has 0 spiro atoms. The summed E-state index contributed by atoms with van der Waals surface area (Å²) in [5.74, 6) is 0. The van der Waals surface area contributed by atoms with Crippen LogP contribution in [-0.4, -0.2) is 20.2 Å². The third-order valence-electron chi connectivity index (χ3n) is 2.93. The molecule has 1 unspecified atom stereocenters. The minimum absolute atomic E-state index is 0.121. The Bertz CT molecular complexity index is 470. The molecule has 0 heterocycles. The van der Waals surface area contributed by atoms with E-state index in [1.807, 2.05) is 14.0 Å².